The molecule has 0 saturated carbocycles. The Hall–Kier alpha value is -3.23. The molecule has 0 spiro atoms. The van der Waals surface area contributed by atoms with Crippen LogP contribution in [0.15, 0.2) is 65.8 Å². The highest BCUT2D eigenvalue weighted by Gasteiger charge is 2.47. The van der Waals surface area contributed by atoms with E-state index in [1.54, 1.807) is 0 Å². The minimum Gasteiger partial charge on any atom is -0.444 e. The van der Waals surface area contributed by atoms with Crippen LogP contribution in [0, 0.1) is 17.8 Å². The molecule has 1 N–H and O–H groups in total. The lowest BCUT2D eigenvalue weighted by Gasteiger charge is -2.34. The highest BCUT2D eigenvalue weighted by atomic mass is 16.6. The predicted molar refractivity (Wildman–Crippen MR) is 153 cm³/mol. The monoisotopic (exact) mass is 550 g/mol. The number of oxime groups is 1. The molecule has 0 aromatic heterocycles. The Morgan fingerprint density at radius 3 is 2.27 bits per heavy atom. The van der Waals surface area contributed by atoms with Crippen LogP contribution in [0.1, 0.15) is 52.2 Å². The number of ketones is 1. The second-order valence-corrected chi connectivity index (χ2v) is 12.1. The van der Waals surface area contributed by atoms with Crippen molar-refractivity contribution in [3.05, 3.63) is 71.8 Å². The molecule has 2 heterocycles. The number of amides is 1. The van der Waals surface area contributed by atoms with Gasteiger partial charge >= 0.3 is 6.09 Å². The summed E-state index contributed by atoms with van der Waals surface area (Å²) in [7, 11) is 0. The van der Waals surface area contributed by atoms with Crippen LogP contribution in [0.5, 0.6) is 0 Å². The fourth-order valence-electron chi connectivity index (χ4n) is 5.35. The van der Waals surface area contributed by atoms with Crippen LogP contribution in [0.4, 0.5) is 4.79 Å². The Balaban J connectivity index is 1.61. The topological polar surface area (TPSA) is 97.7 Å². The SMILES string of the molecule is CC(C)[C@@H]1CON=C1C(=O)[C@@H](Cc1ccccc1)[C@H](O)[C@H]1C[C@@H](OCc2ccccc2)CN1C(=O)OC(C)(C)C. The summed E-state index contributed by atoms with van der Waals surface area (Å²) in [6.45, 7) is 10.5. The third kappa shape index (κ3) is 7.49. The van der Waals surface area contributed by atoms with Crippen molar-refractivity contribution in [2.75, 3.05) is 13.2 Å². The third-order valence-electron chi connectivity index (χ3n) is 7.53. The van der Waals surface area contributed by atoms with Crippen LogP contribution < -0.4 is 0 Å². The molecule has 2 aliphatic heterocycles. The van der Waals surface area contributed by atoms with E-state index in [1.807, 2.05) is 95.3 Å². The minimum atomic E-state index is -1.17. The van der Waals surface area contributed by atoms with E-state index in [0.29, 0.717) is 31.8 Å². The first kappa shape index (κ1) is 29.7. The quantitative estimate of drug-likeness (QED) is 0.446. The number of ether oxygens (including phenoxy) is 2. The van der Waals surface area contributed by atoms with Crippen molar-refractivity contribution >= 4 is 17.6 Å². The highest BCUT2D eigenvalue weighted by molar-refractivity contribution is 6.41. The van der Waals surface area contributed by atoms with Crippen LogP contribution in [0.3, 0.4) is 0 Å². The van der Waals surface area contributed by atoms with Gasteiger partial charge in [0.15, 0.2) is 5.78 Å². The summed E-state index contributed by atoms with van der Waals surface area (Å²) in [4.78, 5) is 34.3. The van der Waals surface area contributed by atoms with E-state index < -0.39 is 29.8 Å². The molecule has 5 atom stereocenters. The van der Waals surface area contributed by atoms with Gasteiger partial charge in [-0.25, -0.2) is 4.79 Å². The van der Waals surface area contributed by atoms with E-state index >= 15 is 0 Å². The Morgan fingerprint density at radius 2 is 1.68 bits per heavy atom. The van der Waals surface area contributed by atoms with Crippen molar-refractivity contribution in [2.24, 2.45) is 22.9 Å². The van der Waals surface area contributed by atoms with E-state index in [9.17, 15) is 14.7 Å². The summed E-state index contributed by atoms with van der Waals surface area (Å²) in [5.41, 5.74) is 1.58. The molecule has 1 fully saturated rings. The van der Waals surface area contributed by atoms with Gasteiger partial charge in [-0.05, 0) is 50.7 Å². The molecule has 0 unspecified atom stereocenters. The molecule has 0 radical (unpaired) electrons. The van der Waals surface area contributed by atoms with E-state index in [1.165, 1.54) is 4.90 Å². The normalized spacial score (nSPS) is 22.5. The maximum Gasteiger partial charge on any atom is 0.410 e. The van der Waals surface area contributed by atoms with Crippen molar-refractivity contribution in [3.63, 3.8) is 0 Å². The van der Waals surface area contributed by atoms with Gasteiger partial charge in [0.1, 0.15) is 17.9 Å². The van der Waals surface area contributed by atoms with E-state index in [-0.39, 0.29) is 30.3 Å². The van der Waals surface area contributed by atoms with E-state index in [4.69, 9.17) is 14.3 Å². The maximum atomic E-state index is 14.0. The van der Waals surface area contributed by atoms with Gasteiger partial charge in [-0.15, -0.1) is 0 Å². The number of likely N-dealkylation sites (tertiary alicyclic amines) is 1. The number of Topliss-reactive ketones (excluding diaryl/α,β-unsaturated/α-hetero) is 1. The Morgan fingerprint density at radius 1 is 1.05 bits per heavy atom. The fourth-order valence-corrected chi connectivity index (χ4v) is 5.35. The van der Waals surface area contributed by atoms with Crippen molar-refractivity contribution in [2.45, 2.75) is 77.9 Å². The molecule has 0 aliphatic carbocycles. The lowest BCUT2D eigenvalue weighted by Crippen LogP contribution is -2.50. The molecule has 2 aromatic rings. The maximum absolute atomic E-state index is 14.0. The van der Waals surface area contributed by atoms with E-state index in [0.717, 1.165) is 11.1 Å². The average molecular weight is 551 g/mol. The van der Waals surface area contributed by atoms with Crippen LogP contribution in [-0.2, 0) is 32.1 Å². The van der Waals surface area contributed by atoms with Crippen LogP contribution in [0.2, 0.25) is 0 Å². The Labute approximate surface area is 237 Å². The standard InChI is InChI=1S/C32H42N2O6/c1-21(2)26-20-39-33-28(26)30(36)25(16-22-12-8-6-9-13-22)29(35)27-17-24(38-19-23-14-10-7-11-15-23)18-34(27)31(37)40-32(3,4)5/h6-15,21,24-27,29,35H,16-20H2,1-5H3/t24-,25+,26+,27-,29+/m1/s1. The number of hydrogen-bond donors (Lipinski definition) is 1. The molecule has 2 aliphatic rings. The van der Waals surface area contributed by atoms with Gasteiger partial charge in [-0.1, -0.05) is 79.7 Å². The zero-order chi connectivity index (χ0) is 28.9. The van der Waals surface area contributed by atoms with Crippen LogP contribution in [-0.4, -0.2) is 64.6 Å². The molecular weight excluding hydrogens is 508 g/mol. The lowest BCUT2D eigenvalue weighted by atomic mass is 9.79. The number of carbonyl (C=O) groups is 2. The van der Waals surface area contributed by atoms with Gasteiger partial charge in [-0.3, -0.25) is 9.69 Å². The van der Waals surface area contributed by atoms with Crippen LogP contribution >= 0.6 is 0 Å². The zero-order valence-corrected chi connectivity index (χ0v) is 24.2. The second-order valence-electron chi connectivity index (χ2n) is 12.1. The first-order valence-corrected chi connectivity index (χ1v) is 14.1. The predicted octanol–water partition coefficient (Wildman–Crippen LogP) is 5.03. The van der Waals surface area contributed by atoms with Crippen molar-refractivity contribution < 1.29 is 29.0 Å². The lowest BCUT2D eigenvalue weighted by molar-refractivity contribution is -0.121. The molecule has 216 valence electrons. The summed E-state index contributed by atoms with van der Waals surface area (Å²) >= 11 is 0. The summed E-state index contributed by atoms with van der Waals surface area (Å²) in [5, 5.41) is 16.0. The third-order valence-corrected chi connectivity index (χ3v) is 7.53. The fraction of sp³-hybridized carbons (Fsp3) is 0.531. The summed E-state index contributed by atoms with van der Waals surface area (Å²) in [5.74, 6) is -1.07. The van der Waals surface area contributed by atoms with Crippen molar-refractivity contribution in [1.82, 2.24) is 4.90 Å². The first-order valence-electron chi connectivity index (χ1n) is 14.1. The number of carbonyl (C=O) groups excluding carboxylic acids is 2. The smallest absolute Gasteiger partial charge is 0.410 e. The van der Waals surface area contributed by atoms with Gasteiger partial charge in [-0.2, -0.15) is 0 Å². The number of nitrogens with zero attached hydrogens (tertiary/aromatic N) is 2. The molecule has 8 heteroatoms. The first-order chi connectivity index (χ1) is 19.0. The minimum absolute atomic E-state index is 0.148. The molecule has 8 nitrogen and oxygen atoms in total. The van der Waals surface area contributed by atoms with Gasteiger partial charge in [0, 0.05) is 5.92 Å². The Kier molecular flexibility index (Phi) is 9.64. The highest BCUT2D eigenvalue weighted by Crippen LogP contribution is 2.32. The summed E-state index contributed by atoms with van der Waals surface area (Å²) in [6.07, 6.45) is -1.34. The largest absolute Gasteiger partial charge is 0.444 e. The second kappa shape index (κ2) is 13.0. The van der Waals surface area contributed by atoms with Crippen molar-refractivity contribution in [1.29, 1.82) is 0 Å². The number of benzene rings is 2. The van der Waals surface area contributed by atoms with Gasteiger partial charge in [0.05, 0.1) is 37.3 Å². The summed E-state index contributed by atoms with van der Waals surface area (Å²) in [6, 6.07) is 18.7. The molecule has 1 amide bonds. The number of aliphatic hydroxyl groups excluding tert-OH is 1. The molecule has 4 rings (SSSR count). The van der Waals surface area contributed by atoms with Gasteiger partial charge < -0.3 is 19.4 Å². The number of rotatable bonds is 10. The average Bonchev–Trinajstić information content (AvgIpc) is 3.58. The van der Waals surface area contributed by atoms with Crippen LogP contribution in [0.25, 0.3) is 0 Å². The molecule has 0 bridgehead atoms. The molecule has 1 saturated heterocycles. The Bertz CT molecular complexity index is 1160. The molecule has 40 heavy (non-hydrogen) atoms. The van der Waals surface area contributed by atoms with Gasteiger partial charge in [0.25, 0.3) is 0 Å². The molecule has 2 aromatic carbocycles. The molecular formula is C32H42N2O6. The van der Waals surface area contributed by atoms with Crippen molar-refractivity contribution in [3.8, 4) is 0 Å². The zero-order valence-electron chi connectivity index (χ0n) is 24.2. The van der Waals surface area contributed by atoms with Gasteiger partial charge in [0.2, 0.25) is 0 Å². The van der Waals surface area contributed by atoms with E-state index in [2.05, 4.69) is 5.16 Å². The number of aliphatic hydroxyl groups is 1. The summed E-state index contributed by atoms with van der Waals surface area (Å²) < 4.78 is 11.9. The number of hydrogen-bond acceptors (Lipinski definition) is 7.